The van der Waals surface area contributed by atoms with E-state index in [0.29, 0.717) is 6.54 Å². The Hall–Kier alpha value is -2.11. The van der Waals surface area contributed by atoms with Crippen molar-refractivity contribution >= 4 is 23.8 Å². The van der Waals surface area contributed by atoms with Crippen LogP contribution in [-0.4, -0.2) is 18.0 Å². The number of fused-ring (bicyclic) bond motifs is 1. The number of nitro groups is 1. The fourth-order valence-corrected chi connectivity index (χ4v) is 2.94. The fraction of sp³-hybridized carbons (Fsp3) is 0.294. The molecule has 0 radical (unpaired) electrons. The van der Waals surface area contributed by atoms with Crippen molar-refractivity contribution in [3.8, 4) is 0 Å². The van der Waals surface area contributed by atoms with Gasteiger partial charge in [-0.05, 0) is 24.1 Å². The number of para-hydroxylation sites is 1. The van der Waals surface area contributed by atoms with Crippen LogP contribution in [0.5, 0.6) is 0 Å². The third-order valence-corrected chi connectivity index (χ3v) is 4.18. The topological polar surface area (TPSA) is 58.4 Å². The highest BCUT2D eigenvalue weighted by molar-refractivity contribution is 5.85. The molecule has 1 aliphatic heterocycles. The average Bonchev–Trinajstić information content (AvgIpc) is 2.72. The summed E-state index contributed by atoms with van der Waals surface area (Å²) in [7, 11) is 0. The van der Waals surface area contributed by atoms with Crippen LogP contribution in [0.25, 0.3) is 0 Å². The molecule has 0 bridgehead atoms. The molecule has 0 aliphatic carbocycles. The minimum Gasteiger partial charge on any atom is -0.366 e. The highest BCUT2D eigenvalue weighted by Gasteiger charge is 2.18. The lowest BCUT2D eigenvalue weighted by molar-refractivity contribution is -0.385. The molecule has 3 rings (SSSR count). The lowest BCUT2D eigenvalue weighted by Gasteiger charge is -2.25. The Balaban J connectivity index is 0.00000192. The van der Waals surface area contributed by atoms with E-state index in [2.05, 4.69) is 22.3 Å². The second-order valence-corrected chi connectivity index (χ2v) is 5.55. The Morgan fingerprint density at radius 2 is 2.00 bits per heavy atom. The zero-order chi connectivity index (χ0) is 15.5. The maximum Gasteiger partial charge on any atom is 0.272 e. The molecule has 0 fully saturated rings. The average molecular weight is 334 g/mol. The first-order valence-corrected chi connectivity index (χ1v) is 7.43. The Morgan fingerprint density at radius 1 is 1.22 bits per heavy atom. The second kappa shape index (κ2) is 7.44. The van der Waals surface area contributed by atoms with Crippen LogP contribution in [0.1, 0.15) is 16.7 Å². The van der Waals surface area contributed by atoms with Gasteiger partial charge in [0.25, 0.3) is 5.69 Å². The summed E-state index contributed by atoms with van der Waals surface area (Å²) in [5, 5.41) is 14.5. The fourth-order valence-electron chi connectivity index (χ4n) is 2.94. The van der Waals surface area contributed by atoms with Crippen molar-refractivity contribution in [1.29, 1.82) is 0 Å². The van der Waals surface area contributed by atoms with Crippen LogP contribution in [-0.2, 0) is 13.1 Å². The monoisotopic (exact) mass is 333 g/mol. The van der Waals surface area contributed by atoms with Gasteiger partial charge in [0, 0.05) is 43.5 Å². The molecular weight excluding hydrogens is 314 g/mol. The van der Waals surface area contributed by atoms with Crippen LogP contribution in [0.4, 0.5) is 11.4 Å². The maximum atomic E-state index is 11.1. The van der Waals surface area contributed by atoms with E-state index < -0.39 is 0 Å². The molecule has 0 spiro atoms. The van der Waals surface area contributed by atoms with E-state index in [4.69, 9.17) is 0 Å². The minimum atomic E-state index is -0.309. The lowest BCUT2D eigenvalue weighted by Crippen LogP contribution is -2.28. The zero-order valence-electron chi connectivity index (χ0n) is 13.0. The van der Waals surface area contributed by atoms with Crippen LogP contribution in [0.3, 0.4) is 0 Å². The molecule has 2 aromatic carbocycles. The first-order valence-electron chi connectivity index (χ1n) is 7.43. The van der Waals surface area contributed by atoms with Crippen molar-refractivity contribution < 1.29 is 4.92 Å². The van der Waals surface area contributed by atoms with Gasteiger partial charge in [-0.15, -0.1) is 12.4 Å². The molecule has 1 heterocycles. The molecule has 0 atom stereocenters. The summed E-state index contributed by atoms with van der Waals surface area (Å²) in [6.45, 7) is 5.17. The standard InChI is InChI=1S/C17H19N3O2.ClH/c1-13-15(6-4-8-16(13)20(21)22)12-19-10-9-18-11-14-5-2-3-7-17(14)19;/h2-8,18H,9-12H2,1H3;1H. The van der Waals surface area contributed by atoms with Gasteiger partial charge in [-0.3, -0.25) is 10.1 Å². The number of hydrogen-bond acceptors (Lipinski definition) is 4. The molecule has 122 valence electrons. The number of anilines is 1. The molecule has 6 heteroatoms. The van der Waals surface area contributed by atoms with Gasteiger partial charge in [0.2, 0.25) is 0 Å². The summed E-state index contributed by atoms with van der Waals surface area (Å²) >= 11 is 0. The smallest absolute Gasteiger partial charge is 0.272 e. The van der Waals surface area contributed by atoms with Gasteiger partial charge in [-0.25, -0.2) is 0 Å². The van der Waals surface area contributed by atoms with Gasteiger partial charge in [-0.2, -0.15) is 0 Å². The van der Waals surface area contributed by atoms with Gasteiger partial charge in [0.05, 0.1) is 4.92 Å². The quantitative estimate of drug-likeness (QED) is 0.690. The molecule has 0 saturated heterocycles. The molecule has 0 aromatic heterocycles. The third kappa shape index (κ3) is 3.63. The van der Waals surface area contributed by atoms with Crippen molar-refractivity contribution in [3.63, 3.8) is 0 Å². The Kier molecular flexibility index (Phi) is 5.58. The van der Waals surface area contributed by atoms with Crippen molar-refractivity contribution in [1.82, 2.24) is 5.32 Å². The molecule has 0 amide bonds. The third-order valence-electron chi connectivity index (χ3n) is 4.18. The number of benzene rings is 2. The summed E-state index contributed by atoms with van der Waals surface area (Å²) in [4.78, 5) is 13.1. The normalized spacial score (nSPS) is 13.7. The summed E-state index contributed by atoms with van der Waals surface area (Å²) < 4.78 is 0. The molecule has 0 unspecified atom stereocenters. The van der Waals surface area contributed by atoms with E-state index in [0.717, 1.165) is 30.8 Å². The minimum absolute atomic E-state index is 0. The van der Waals surface area contributed by atoms with Crippen molar-refractivity contribution in [3.05, 3.63) is 69.3 Å². The maximum absolute atomic E-state index is 11.1. The summed E-state index contributed by atoms with van der Waals surface area (Å²) in [6, 6.07) is 13.6. The van der Waals surface area contributed by atoms with Crippen LogP contribution < -0.4 is 10.2 Å². The van der Waals surface area contributed by atoms with E-state index in [1.807, 2.05) is 25.1 Å². The second-order valence-electron chi connectivity index (χ2n) is 5.55. The van der Waals surface area contributed by atoms with Gasteiger partial charge in [0.15, 0.2) is 0 Å². The Labute approximate surface area is 141 Å². The first-order chi connectivity index (χ1) is 10.7. The van der Waals surface area contributed by atoms with Gasteiger partial charge >= 0.3 is 0 Å². The van der Waals surface area contributed by atoms with Gasteiger partial charge in [0.1, 0.15) is 0 Å². The number of nitro benzene ring substituents is 1. The van der Waals surface area contributed by atoms with Gasteiger partial charge in [-0.1, -0.05) is 30.3 Å². The molecule has 1 N–H and O–H groups in total. The van der Waals surface area contributed by atoms with Crippen molar-refractivity contribution in [2.75, 3.05) is 18.0 Å². The van der Waals surface area contributed by atoms with Crippen LogP contribution in [0.15, 0.2) is 42.5 Å². The largest absolute Gasteiger partial charge is 0.366 e. The first kappa shape index (κ1) is 17.2. The molecule has 23 heavy (non-hydrogen) atoms. The molecule has 0 saturated carbocycles. The van der Waals surface area contributed by atoms with E-state index in [-0.39, 0.29) is 23.0 Å². The summed E-state index contributed by atoms with van der Waals surface area (Å²) in [6.07, 6.45) is 0. The highest BCUT2D eigenvalue weighted by Crippen LogP contribution is 2.27. The van der Waals surface area contributed by atoms with E-state index in [1.165, 1.54) is 11.3 Å². The SMILES string of the molecule is Cc1c(CN2CCNCc3ccccc32)cccc1[N+](=O)[O-].Cl. The molecular formula is C17H20ClN3O2. The van der Waals surface area contributed by atoms with Crippen LogP contribution >= 0.6 is 12.4 Å². The number of halogens is 1. The molecule has 1 aliphatic rings. The lowest BCUT2D eigenvalue weighted by atomic mass is 10.1. The number of nitrogens with zero attached hydrogens (tertiary/aromatic N) is 2. The Bertz CT molecular complexity index is 706. The summed E-state index contributed by atoms with van der Waals surface area (Å²) in [5.41, 5.74) is 4.42. The van der Waals surface area contributed by atoms with E-state index >= 15 is 0 Å². The van der Waals surface area contributed by atoms with Gasteiger partial charge < -0.3 is 10.2 Å². The summed E-state index contributed by atoms with van der Waals surface area (Å²) in [5.74, 6) is 0. The van der Waals surface area contributed by atoms with Crippen molar-refractivity contribution in [2.24, 2.45) is 0 Å². The zero-order valence-corrected chi connectivity index (χ0v) is 13.8. The number of nitrogens with one attached hydrogen (secondary N) is 1. The number of hydrogen-bond donors (Lipinski definition) is 1. The highest BCUT2D eigenvalue weighted by atomic mass is 35.5. The predicted octanol–water partition coefficient (Wildman–Crippen LogP) is 3.43. The van der Waals surface area contributed by atoms with Crippen LogP contribution in [0, 0.1) is 17.0 Å². The number of rotatable bonds is 3. The Morgan fingerprint density at radius 3 is 2.78 bits per heavy atom. The van der Waals surface area contributed by atoms with Crippen molar-refractivity contribution in [2.45, 2.75) is 20.0 Å². The molecule has 5 nitrogen and oxygen atoms in total. The molecule has 2 aromatic rings. The van der Waals surface area contributed by atoms with E-state index in [1.54, 1.807) is 12.1 Å². The predicted molar refractivity (Wildman–Crippen MR) is 94.3 cm³/mol. The van der Waals surface area contributed by atoms with E-state index in [9.17, 15) is 10.1 Å². The van der Waals surface area contributed by atoms with Crippen LogP contribution in [0.2, 0.25) is 0 Å².